The van der Waals surface area contributed by atoms with Crippen molar-refractivity contribution in [3.63, 3.8) is 0 Å². The Kier molecular flexibility index (Phi) is 7.28. The van der Waals surface area contributed by atoms with E-state index in [1.165, 1.54) is 0 Å². The SMILES string of the molecule is CC(C)Oc1cc(Br)cc(NC(=O)[C@H](C)N)c1.Cl. The summed E-state index contributed by atoms with van der Waals surface area (Å²) >= 11 is 3.37. The third-order valence-electron chi connectivity index (χ3n) is 1.92. The molecule has 0 spiro atoms. The van der Waals surface area contributed by atoms with Crippen molar-refractivity contribution >= 4 is 39.9 Å². The highest BCUT2D eigenvalue weighted by atomic mass is 79.9. The van der Waals surface area contributed by atoms with Crippen LogP contribution in [0, 0.1) is 0 Å². The van der Waals surface area contributed by atoms with Crippen LogP contribution in [0.2, 0.25) is 0 Å². The van der Waals surface area contributed by atoms with Gasteiger partial charge in [0.05, 0.1) is 12.1 Å². The van der Waals surface area contributed by atoms with Gasteiger partial charge in [-0.25, -0.2) is 0 Å². The second kappa shape index (κ2) is 7.61. The van der Waals surface area contributed by atoms with Crippen molar-refractivity contribution < 1.29 is 9.53 Å². The molecule has 18 heavy (non-hydrogen) atoms. The Morgan fingerprint density at radius 2 is 1.94 bits per heavy atom. The summed E-state index contributed by atoms with van der Waals surface area (Å²) in [7, 11) is 0. The lowest BCUT2D eigenvalue weighted by atomic mass is 10.2. The maximum absolute atomic E-state index is 11.5. The Labute approximate surface area is 122 Å². The average Bonchev–Trinajstić information content (AvgIpc) is 2.14. The molecule has 0 saturated heterocycles. The number of anilines is 1. The number of amides is 1. The van der Waals surface area contributed by atoms with Crippen LogP contribution in [-0.4, -0.2) is 18.1 Å². The number of halogens is 2. The van der Waals surface area contributed by atoms with E-state index in [-0.39, 0.29) is 24.4 Å². The lowest BCUT2D eigenvalue weighted by Gasteiger charge is -2.13. The Hall–Kier alpha value is -0.780. The third-order valence-corrected chi connectivity index (χ3v) is 2.38. The number of benzene rings is 1. The second-order valence-electron chi connectivity index (χ2n) is 4.12. The summed E-state index contributed by atoms with van der Waals surface area (Å²) in [5, 5.41) is 2.72. The smallest absolute Gasteiger partial charge is 0.241 e. The maximum Gasteiger partial charge on any atom is 0.241 e. The summed E-state index contributed by atoms with van der Waals surface area (Å²) in [5.74, 6) is 0.480. The van der Waals surface area contributed by atoms with Crippen LogP contribution in [0.3, 0.4) is 0 Å². The number of nitrogens with two attached hydrogens (primary N) is 1. The van der Waals surface area contributed by atoms with E-state index in [0.29, 0.717) is 11.4 Å². The van der Waals surface area contributed by atoms with Crippen molar-refractivity contribution in [3.05, 3.63) is 22.7 Å². The van der Waals surface area contributed by atoms with Gasteiger partial charge in [0.1, 0.15) is 5.75 Å². The van der Waals surface area contributed by atoms with Gasteiger partial charge in [-0.2, -0.15) is 0 Å². The van der Waals surface area contributed by atoms with E-state index < -0.39 is 6.04 Å². The van der Waals surface area contributed by atoms with E-state index in [1.807, 2.05) is 19.9 Å². The Bertz CT molecular complexity index is 411. The summed E-state index contributed by atoms with van der Waals surface area (Å²) in [6, 6.07) is 4.88. The lowest BCUT2D eigenvalue weighted by molar-refractivity contribution is -0.117. The molecule has 1 aromatic rings. The molecule has 102 valence electrons. The Morgan fingerprint density at radius 1 is 1.33 bits per heavy atom. The third kappa shape index (κ3) is 5.71. The molecule has 0 aromatic heterocycles. The van der Waals surface area contributed by atoms with Gasteiger partial charge in [0.25, 0.3) is 0 Å². The monoisotopic (exact) mass is 336 g/mol. The molecular formula is C12H18BrClN2O2. The minimum atomic E-state index is -0.538. The van der Waals surface area contributed by atoms with Gasteiger partial charge in [0, 0.05) is 16.2 Å². The summed E-state index contributed by atoms with van der Waals surface area (Å²) in [6.07, 6.45) is 0.0845. The molecule has 0 radical (unpaired) electrons. The average molecular weight is 338 g/mol. The molecule has 1 amide bonds. The van der Waals surface area contributed by atoms with E-state index in [1.54, 1.807) is 19.1 Å². The normalized spacial score (nSPS) is 11.7. The fourth-order valence-corrected chi connectivity index (χ4v) is 1.70. The fourth-order valence-electron chi connectivity index (χ4n) is 1.23. The van der Waals surface area contributed by atoms with Crippen molar-refractivity contribution in [1.82, 2.24) is 0 Å². The van der Waals surface area contributed by atoms with Crippen LogP contribution in [0.15, 0.2) is 22.7 Å². The first kappa shape index (κ1) is 17.2. The van der Waals surface area contributed by atoms with Gasteiger partial charge >= 0.3 is 0 Å². The summed E-state index contributed by atoms with van der Waals surface area (Å²) < 4.78 is 6.41. The molecule has 6 heteroatoms. The largest absolute Gasteiger partial charge is 0.491 e. The lowest BCUT2D eigenvalue weighted by Crippen LogP contribution is -2.32. The Balaban J connectivity index is 0.00000289. The zero-order valence-corrected chi connectivity index (χ0v) is 13.0. The van der Waals surface area contributed by atoms with E-state index in [4.69, 9.17) is 10.5 Å². The molecule has 4 nitrogen and oxygen atoms in total. The molecule has 0 fully saturated rings. The molecule has 0 unspecified atom stereocenters. The summed E-state index contributed by atoms with van der Waals surface area (Å²) in [5.41, 5.74) is 6.15. The van der Waals surface area contributed by atoms with E-state index in [0.717, 1.165) is 4.47 Å². The minimum absolute atomic E-state index is 0. The van der Waals surface area contributed by atoms with Crippen LogP contribution < -0.4 is 15.8 Å². The first-order valence-electron chi connectivity index (χ1n) is 5.42. The van der Waals surface area contributed by atoms with Crippen molar-refractivity contribution in [2.24, 2.45) is 5.73 Å². The van der Waals surface area contributed by atoms with Crippen LogP contribution in [0.4, 0.5) is 5.69 Å². The summed E-state index contributed by atoms with van der Waals surface area (Å²) in [6.45, 7) is 5.53. The molecule has 0 saturated carbocycles. The van der Waals surface area contributed by atoms with Crippen molar-refractivity contribution in [2.45, 2.75) is 32.9 Å². The number of rotatable bonds is 4. The van der Waals surface area contributed by atoms with Gasteiger partial charge in [0.2, 0.25) is 5.91 Å². The quantitative estimate of drug-likeness (QED) is 0.888. The fraction of sp³-hybridized carbons (Fsp3) is 0.417. The van der Waals surface area contributed by atoms with Gasteiger partial charge in [-0.15, -0.1) is 12.4 Å². The first-order valence-corrected chi connectivity index (χ1v) is 6.21. The molecule has 0 aliphatic carbocycles. The highest BCUT2D eigenvalue weighted by Crippen LogP contribution is 2.25. The predicted molar refractivity (Wildman–Crippen MR) is 79.4 cm³/mol. The highest BCUT2D eigenvalue weighted by Gasteiger charge is 2.09. The predicted octanol–water partition coefficient (Wildman–Crippen LogP) is 2.94. The number of hydrogen-bond donors (Lipinski definition) is 2. The molecule has 0 heterocycles. The molecular weight excluding hydrogens is 320 g/mol. The van der Waals surface area contributed by atoms with Crippen molar-refractivity contribution in [2.75, 3.05) is 5.32 Å². The standard InChI is InChI=1S/C12H17BrN2O2.ClH/c1-7(2)17-11-5-9(13)4-10(6-11)15-12(16)8(3)14;/h4-8H,14H2,1-3H3,(H,15,16);1H/t8-;/m0./s1. The van der Waals surface area contributed by atoms with Gasteiger partial charge in [-0.05, 0) is 32.9 Å². The zero-order valence-electron chi connectivity index (χ0n) is 10.6. The topological polar surface area (TPSA) is 64.3 Å². The second-order valence-corrected chi connectivity index (χ2v) is 5.04. The van der Waals surface area contributed by atoms with Crippen molar-refractivity contribution in [3.8, 4) is 5.75 Å². The maximum atomic E-state index is 11.5. The van der Waals surface area contributed by atoms with Crippen LogP contribution >= 0.6 is 28.3 Å². The molecule has 1 atom stereocenters. The van der Waals surface area contributed by atoms with Gasteiger partial charge in [-0.1, -0.05) is 15.9 Å². The highest BCUT2D eigenvalue weighted by molar-refractivity contribution is 9.10. The molecule has 0 aliphatic heterocycles. The molecule has 1 aromatic carbocycles. The number of carbonyl (C=O) groups excluding carboxylic acids is 1. The molecule has 0 aliphatic rings. The van der Waals surface area contributed by atoms with Crippen molar-refractivity contribution in [1.29, 1.82) is 0 Å². The number of carbonyl (C=O) groups is 1. The first-order chi connectivity index (χ1) is 7.88. The summed E-state index contributed by atoms with van der Waals surface area (Å²) in [4.78, 5) is 11.5. The molecule has 0 bridgehead atoms. The van der Waals surface area contributed by atoms with Gasteiger partial charge < -0.3 is 15.8 Å². The number of ether oxygens (including phenoxy) is 1. The van der Waals surface area contributed by atoms with E-state index >= 15 is 0 Å². The van der Waals surface area contributed by atoms with E-state index in [9.17, 15) is 4.79 Å². The van der Waals surface area contributed by atoms with Crippen LogP contribution in [0.5, 0.6) is 5.75 Å². The van der Waals surface area contributed by atoms with Gasteiger partial charge in [-0.3, -0.25) is 4.79 Å². The zero-order chi connectivity index (χ0) is 13.0. The Morgan fingerprint density at radius 3 is 2.44 bits per heavy atom. The van der Waals surface area contributed by atoms with Crippen LogP contribution in [0.1, 0.15) is 20.8 Å². The van der Waals surface area contributed by atoms with E-state index in [2.05, 4.69) is 21.2 Å². The molecule has 1 rings (SSSR count). The van der Waals surface area contributed by atoms with Gasteiger partial charge in [0.15, 0.2) is 0 Å². The minimum Gasteiger partial charge on any atom is -0.491 e. The van der Waals surface area contributed by atoms with Crippen LogP contribution in [-0.2, 0) is 4.79 Å². The number of nitrogens with one attached hydrogen (secondary N) is 1. The number of hydrogen-bond acceptors (Lipinski definition) is 3. The molecule has 3 N–H and O–H groups in total. The van der Waals surface area contributed by atoms with Crippen LogP contribution in [0.25, 0.3) is 0 Å².